The number of alkyl halides is 3. The van der Waals surface area contributed by atoms with Crippen molar-refractivity contribution >= 4 is 17.3 Å². The van der Waals surface area contributed by atoms with Gasteiger partial charge in [-0.1, -0.05) is 45.9 Å². The van der Waals surface area contributed by atoms with E-state index in [0.29, 0.717) is 28.1 Å². The molecule has 4 N–H and O–H groups in total. The minimum Gasteiger partial charge on any atom is -0.507 e. The van der Waals surface area contributed by atoms with Crippen LogP contribution >= 0.6 is 0 Å². The van der Waals surface area contributed by atoms with Crippen LogP contribution in [-0.4, -0.2) is 27.9 Å². The van der Waals surface area contributed by atoms with Gasteiger partial charge in [0.05, 0.1) is 12.5 Å². The van der Waals surface area contributed by atoms with E-state index in [0.717, 1.165) is 0 Å². The highest BCUT2D eigenvalue weighted by Crippen LogP contribution is 2.57. The number of fused-ring (bicyclic) bond motifs is 2. The summed E-state index contributed by atoms with van der Waals surface area (Å²) in [5, 5.41) is 27.8. The fraction of sp³-hybridized carbons (Fsp3) is 0.458. The SMILES string of the molecule is CC(C)c1ccc2c(c1O)C(C)(C)CC(O)(C(F)(F)F)C2Nc1cccc2c1CC(=O)N2. The zero-order chi connectivity index (χ0) is 23.6. The summed E-state index contributed by atoms with van der Waals surface area (Å²) in [6.07, 6.45) is -5.53. The molecule has 2 aromatic carbocycles. The van der Waals surface area contributed by atoms with Crippen LogP contribution in [0.25, 0.3) is 0 Å². The molecule has 0 radical (unpaired) electrons. The first-order valence-electron chi connectivity index (χ1n) is 10.6. The molecule has 2 unspecified atom stereocenters. The van der Waals surface area contributed by atoms with Gasteiger partial charge in [-0.15, -0.1) is 0 Å². The van der Waals surface area contributed by atoms with Gasteiger partial charge in [0.1, 0.15) is 5.75 Å². The van der Waals surface area contributed by atoms with Crippen LogP contribution in [0.2, 0.25) is 0 Å². The minimum atomic E-state index is -4.93. The van der Waals surface area contributed by atoms with Crippen molar-refractivity contribution in [2.75, 3.05) is 10.6 Å². The van der Waals surface area contributed by atoms with E-state index in [9.17, 15) is 28.2 Å². The average Bonchev–Trinajstić information content (AvgIpc) is 3.04. The van der Waals surface area contributed by atoms with E-state index in [1.807, 2.05) is 13.8 Å². The Bertz CT molecular complexity index is 1090. The fourth-order valence-electron chi connectivity index (χ4n) is 5.16. The lowest BCUT2D eigenvalue weighted by Crippen LogP contribution is -2.58. The maximum Gasteiger partial charge on any atom is 0.419 e. The van der Waals surface area contributed by atoms with Gasteiger partial charge >= 0.3 is 6.18 Å². The van der Waals surface area contributed by atoms with Gasteiger partial charge in [0.25, 0.3) is 0 Å². The number of aliphatic hydroxyl groups is 1. The van der Waals surface area contributed by atoms with Gasteiger partial charge in [0, 0.05) is 22.5 Å². The number of carbonyl (C=O) groups excluding carboxylic acids is 1. The van der Waals surface area contributed by atoms with E-state index >= 15 is 0 Å². The standard InChI is InChI=1S/C24H27F3N2O3/c1-12(2)13-8-9-14-19(20(13)31)22(3,4)11-23(32,24(25,26)27)21(14)29-17-7-5-6-16-15(17)10-18(30)28-16/h5-9,12,21,29,31-32H,10-11H2,1-4H3,(H,28,30). The third-order valence-electron chi connectivity index (χ3n) is 6.62. The molecule has 1 heterocycles. The summed E-state index contributed by atoms with van der Waals surface area (Å²) in [5.41, 5.74) is -1.57. The molecule has 2 aromatic rings. The number of phenols is 1. The molecule has 4 rings (SSSR count). The minimum absolute atomic E-state index is 0.0274. The molecule has 32 heavy (non-hydrogen) atoms. The van der Waals surface area contributed by atoms with Crippen molar-refractivity contribution in [1.82, 2.24) is 0 Å². The van der Waals surface area contributed by atoms with Gasteiger partial charge in [-0.2, -0.15) is 13.2 Å². The summed E-state index contributed by atoms with van der Waals surface area (Å²) in [5.74, 6) is -0.307. The number of hydrogen-bond donors (Lipinski definition) is 4. The Balaban J connectivity index is 1.93. The number of nitrogens with one attached hydrogen (secondary N) is 2. The van der Waals surface area contributed by atoms with Crippen molar-refractivity contribution in [3.05, 3.63) is 52.6 Å². The van der Waals surface area contributed by atoms with Crippen LogP contribution in [0, 0.1) is 0 Å². The fourth-order valence-corrected chi connectivity index (χ4v) is 5.16. The van der Waals surface area contributed by atoms with E-state index in [2.05, 4.69) is 10.6 Å². The molecular weight excluding hydrogens is 421 g/mol. The molecule has 0 bridgehead atoms. The van der Waals surface area contributed by atoms with Gasteiger partial charge in [-0.25, -0.2) is 0 Å². The highest BCUT2D eigenvalue weighted by atomic mass is 19.4. The summed E-state index contributed by atoms with van der Waals surface area (Å²) in [6, 6.07) is 6.52. The van der Waals surface area contributed by atoms with Crippen LogP contribution in [0.3, 0.4) is 0 Å². The normalized spacial score (nSPS) is 24.2. The molecule has 0 saturated heterocycles. The topological polar surface area (TPSA) is 81.6 Å². The highest BCUT2D eigenvalue weighted by Gasteiger charge is 2.64. The number of halogens is 3. The second kappa shape index (κ2) is 7.13. The maximum atomic E-state index is 14.3. The third-order valence-corrected chi connectivity index (χ3v) is 6.62. The predicted molar refractivity (Wildman–Crippen MR) is 116 cm³/mol. The number of anilines is 2. The second-order valence-corrected chi connectivity index (χ2v) is 9.74. The zero-order valence-electron chi connectivity index (χ0n) is 18.4. The molecule has 1 aliphatic heterocycles. The monoisotopic (exact) mass is 448 g/mol. The lowest BCUT2D eigenvalue weighted by atomic mass is 9.62. The quantitative estimate of drug-likeness (QED) is 0.524. The van der Waals surface area contributed by atoms with Crippen LogP contribution in [0.4, 0.5) is 24.5 Å². The van der Waals surface area contributed by atoms with E-state index in [1.165, 1.54) is 0 Å². The van der Waals surface area contributed by atoms with Crippen LogP contribution in [0.1, 0.15) is 68.3 Å². The van der Waals surface area contributed by atoms with Crippen molar-refractivity contribution in [2.45, 2.75) is 69.7 Å². The molecule has 0 spiro atoms. The molecule has 172 valence electrons. The summed E-state index contributed by atoms with van der Waals surface area (Å²) in [7, 11) is 0. The molecule has 2 aliphatic rings. The molecule has 0 fully saturated rings. The molecule has 2 atom stereocenters. The average molecular weight is 448 g/mol. The molecular formula is C24H27F3N2O3. The Hall–Kier alpha value is -2.74. The summed E-state index contributed by atoms with van der Waals surface area (Å²) < 4.78 is 43.0. The van der Waals surface area contributed by atoms with Crippen molar-refractivity contribution in [3.8, 4) is 5.75 Å². The van der Waals surface area contributed by atoms with E-state index in [1.54, 1.807) is 44.2 Å². The van der Waals surface area contributed by atoms with Crippen molar-refractivity contribution < 1.29 is 28.2 Å². The molecule has 1 amide bonds. The Kier molecular flexibility index (Phi) is 5.01. The smallest absolute Gasteiger partial charge is 0.419 e. The Morgan fingerprint density at radius 3 is 2.50 bits per heavy atom. The number of benzene rings is 2. The molecule has 0 aromatic heterocycles. The van der Waals surface area contributed by atoms with Gasteiger partial charge in [0.15, 0.2) is 5.60 Å². The molecule has 1 aliphatic carbocycles. The number of hydrogen-bond acceptors (Lipinski definition) is 4. The summed E-state index contributed by atoms with van der Waals surface area (Å²) in [4.78, 5) is 11.9. The first kappa shape index (κ1) is 22.5. The first-order valence-corrected chi connectivity index (χ1v) is 10.6. The highest BCUT2D eigenvalue weighted by molar-refractivity contribution is 6.01. The molecule has 8 heteroatoms. The predicted octanol–water partition coefficient (Wildman–Crippen LogP) is 5.14. The van der Waals surface area contributed by atoms with Crippen LogP contribution < -0.4 is 10.6 Å². The molecule has 0 saturated carbocycles. The van der Waals surface area contributed by atoms with Crippen LogP contribution in [-0.2, 0) is 16.6 Å². The van der Waals surface area contributed by atoms with Gasteiger partial charge in [0.2, 0.25) is 5.91 Å². The first-order chi connectivity index (χ1) is 14.8. The molecule has 5 nitrogen and oxygen atoms in total. The Morgan fingerprint density at radius 2 is 1.88 bits per heavy atom. The van der Waals surface area contributed by atoms with Gasteiger partial charge in [-0.05, 0) is 41.0 Å². The zero-order valence-corrected chi connectivity index (χ0v) is 18.4. The number of carbonyl (C=O) groups is 1. The maximum absolute atomic E-state index is 14.3. The van der Waals surface area contributed by atoms with E-state index in [4.69, 9.17) is 0 Å². The van der Waals surface area contributed by atoms with E-state index in [-0.39, 0.29) is 29.6 Å². The number of amides is 1. The van der Waals surface area contributed by atoms with Crippen molar-refractivity contribution in [1.29, 1.82) is 0 Å². The Morgan fingerprint density at radius 1 is 1.19 bits per heavy atom. The van der Waals surface area contributed by atoms with Gasteiger partial charge < -0.3 is 20.8 Å². The van der Waals surface area contributed by atoms with E-state index < -0.39 is 29.7 Å². The van der Waals surface area contributed by atoms with Crippen LogP contribution in [0.5, 0.6) is 5.75 Å². The van der Waals surface area contributed by atoms with Crippen molar-refractivity contribution in [2.24, 2.45) is 0 Å². The number of rotatable bonds is 3. The summed E-state index contributed by atoms with van der Waals surface area (Å²) >= 11 is 0. The third kappa shape index (κ3) is 3.32. The largest absolute Gasteiger partial charge is 0.507 e. The summed E-state index contributed by atoms with van der Waals surface area (Å²) in [6.45, 7) is 7.00. The van der Waals surface area contributed by atoms with Crippen LogP contribution in [0.15, 0.2) is 30.3 Å². The lowest BCUT2D eigenvalue weighted by Gasteiger charge is -2.49. The Labute approximate surface area is 184 Å². The number of aromatic hydroxyl groups is 1. The van der Waals surface area contributed by atoms with Gasteiger partial charge in [-0.3, -0.25) is 4.79 Å². The number of phenolic OH excluding ortho intramolecular Hbond substituents is 1. The van der Waals surface area contributed by atoms with Crippen molar-refractivity contribution in [3.63, 3.8) is 0 Å². The lowest BCUT2D eigenvalue weighted by molar-refractivity contribution is -0.276. The second-order valence-electron chi connectivity index (χ2n) is 9.74.